The fourth-order valence-electron chi connectivity index (χ4n) is 3.02. The van der Waals surface area contributed by atoms with Crippen molar-refractivity contribution in [2.24, 2.45) is 0 Å². The molecule has 5 heteroatoms. The summed E-state index contributed by atoms with van der Waals surface area (Å²) in [5.74, 6) is 0. The number of para-hydroxylation sites is 1. The van der Waals surface area contributed by atoms with E-state index < -0.39 is 11.7 Å². The number of hydrogen-bond acceptors (Lipinski definition) is 2. The minimum Gasteiger partial charge on any atom is -0.236 e. The Bertz CT molecular complexity index is 1070. The van der Waals surface area contributed by atoms with Crippen LogP contribution in [0.5, 0.6) is 0 Å². The second-order valence-corrected chi connectivity index (χ2v) is 5.86. The van der Waals surface area contributed by atoms with Gasteiger partial charge in [-0.05, 0) is 23.3 Å². The van der Waals surface area contributed by atoms with E-state index in [0.717, 1.165) is 28.2 Å². The zero-order valence-electron chi connectivity index (χ0n) is 13.5. The Hall–Kier alpha value is -3.21. The minimum atomic E-state index is -4.39. The molecule has 0 fully saturated rings. The van der Waals surface area contributed by atoms with E-state index in [4.69, 9.17) is 0 Å². The molecular weight excluding hydrogens is 337 g/mol. The van der Waals surface area contributed by atoms with E-state index >= 15 is 0 Å². The summed E-state index contributed by atoms with van der Waals surface area (Å²) in [5.41, 5.74) is 2.45. The fourth-order valence-corrected chi connectivity index (χ4v) is 3.02. The fraction of sp³-hybridized carbons (Fsp3) is 0.0476. The van der Waals surface area contributed by atoms with E-state index in [1.807, 2.05) is 24.3 Å². The van der Waals surface area contributed by atoms with Gasteiger partial charge >= 0.3 is 6.18 Å². The number of fused-ring (bicyclic) bond motifs is 1. The Morgan fingerprint density at radius 1 is 0.654 bits per heavy atom. The summed E-state index contributed by atoms with van der Waals surface area (Å²) in [6.07, 6.45) is -2.90. The van der Waals surface area contributed by atoms with Crippen LogP contribution in [-0.4, -0.2) is 9.97 Å². The van der Waals surface area contributed by atoms with Gasteiger partial charge in [-0.25, -0.2) is 9.97 Å². The summed E-state index contributed by atoms with van der Waals surface area (Å²) < 4.78 is 39.7. The molecule has 0 N–H and O–H groups in total. The number of hydrogen-bond donors (Lipinski definition) is 0. The number of halogens is 3. The van der Waals surface area contributed by atoms with Crippen LogP contribution < -0.4 is 0 Å². The van der Waals surface area contributed by atoms with Gasteiger partial charge < -0.3 is 0 Å². The maximum absolute atomic E-state index is 13.2. The van der Waals surface area contributed by atoms with Gasteiger partial charge in [0.1, 0.15) is 6.33 Å². The molecule has 0 saturated heterocycles. The summed E-state index contributed by atoms with van der Waals surface area (Å²) in [6, 6.07) is 20.2. The highest BCUT2D eigenvalue weighted by molar-refractivity contribution is 5.92. The maximum Gasteiger partial charge on any atom is 0.417 e. The Labute approximate surface area is 148 Å². The third-order valence-corrected chi connectivity index (χ3v) is 4.24. The molecule has 0 aliphatic heterocycles. The molecule has 26 heavy (non-hydrogen) atoms. The van der Waals surface area contributed by atoms with Crippen LogP contribution in [0.25, 0.3) is 33.3 Å². The molecule has 3 aromatic carbocycles. The number of benzene rings is 3. The molecule has 0 atom stereocenters. The van der Waals surface area contributed by atoms with Gasteiger partial charge in [-0.2, -0.15) is 13.2 Å². The van der Waals surface area contributed by atoms with Crippen molar-refractivity contribution in [1.29, 1.82) is 0 Å². The molecule has 0 bridgehead atoms. The number of alkyl halides is 3. The lowest BCUT2D eigenvalue weighted by Crippen LogP contribution is -2.06. The number of aromatic nitrogens is 2. The van der Waals surface area contributed by atoms with Gasteiger partial charge in [-0.3, -0.25) is 0 Å². The molecule has 0 spiro atoms. The van der Waals surface area contributed by atoms with Crippen LogP contribution in [0.4, 0.5) is 13.2 Å². The summed E-state index contributed by atoms with van der Waals surface area (Å²) >= 11 is 0. The van der Waals surface area contributed by atoms with Gasteiger partial charge in [0.2, 0.25) is 0 Å². The van der Waals surface area contributed by atoms with Crippen molar-refractivity contribution in [2.45, 2.75) is 6.18 Å². The highest BCUT2D eigenvalue weighted by atomic mass is 19.4. The van der Waals surface area contributed by atoms with Gasteiger partial charge in [0.15, 0.2) is 0 Å². The van der Waals surface area contributed by atoms with Crippen molar-refractivity contribution in [3.63, 3.8) is 0 Å². The number of rotatable bonds is 2. The molecule has 2 nitrogen and oxygen atoms in total. The summed E-state index contributed by atoms with van der Waals surface area (Å²) in [6.45, 7) is 0. The van der Waals surface area contributed by atoms with Crippen LogP contribution in [0.3, 0.4) is 0 Å². The second-order valence-electron chi connectivity index (χ2n) is 5.86. The Kier molecular flexibility index (Phi) is 3.92. The molecule has 1 heterocycles. The van der Waals surface area contributed by atoms with Crippen LogP contribution in [-0.2, 0) is 6.18 Å². The molecule has 0 saturated carbocycles. The van der Waals surface area contributed by atoms with Crippen LogP contribution >= 0.6 is 0 Å². The lowest BCUT2D eigenvalue weighted by Gasteiger charge is -2.13. The van der Waals surface area contributed by atoms with E-state index in [1.54, 1.807) is 30.3 Å². The summed E-state index contributed by atoms with van der Waals surface area (Å²) in [4.78, 5) is 8.58. The van der Waals surface area contributed by atoms with Gasteiger partial charge in [-0.15, -0.1) is 0 Å². The Balaban J connectivity index is 1.79. The number of nitrogens with zero attached hydrogens (tertiary/aromatic N) is 2. The molecule has 0 amide bonds. The maximum atomic E-state index is 13.2. The topological polar surface area (TPSA) is 25.8 Å². The van der Waals surface area contributed by atoms with E-state index in [-0.39, 0.29) is 5.56 Å². The molecule has 128 valence electrons. The highest BCUT2D eigenvalue weighted by Gasteiger charge is 2.33. The lowest BCUT2D eigenvalue weighted by atomic mass is 9.97. The van der Waals surface area contributed by atoms with Crippen molar-refractivity contribution >= 4 is 10.9 Å². The molecule has 0 aliphatic carbocycles. The molecule has 4 rings (SSSR count). The van der Waals surface area contributed by atoms with E-state index in [2.05, 4.69) is 9.97 Å². The SMILES string of the molecule is FC(F)(F)c1ccccc1-c1ccc(-c2ncnc3ccccc23)cc1. The van der Waals surface area contributed by atoms with Crippen molar-refractivity contribution in [2.75, 3.05) is 0 Å². The zero-order chi connectivity index (χ0) is 18.1. The van der Waals surface area contributed by atoms with Crippen molar-refractivity contribution < 1.29 is 13.2 Å². The lowest BCUT2D eigenvalue weighted by molar-refractivity contribution is -0.137. The normalized spacial score (nSPS) is 11.7. The van der Waals surface area contributed by atoms with Crippen LogP contribution in [0.2, 0.25) is 0 Å². The second kappa shape index (κ2) is 6.26. The Morgan fingerprint density at radius 2 is 1.31 bits per heavy atom. The average molecular weight is 350 g/mol. The average Bonchev–Trinajstić information content (AvgIpc) is 2.67. The third kappa shape index (κ3) is 2.92. The van der Waals surface area contributed by atoms with E-state index in [1.165, 1.54) is 18.5 Å². The first-order chi connectivity index (χ1) is 12.5. The van der Waals surface area contributed by atoms with Gasteiger partial charge in [0.05, 0.1) is 16.8 Å². The van der Waals surface area contributed by atoms with E-state index in [0.29, 0.717) is 5.56 Å². The van der Waals surface area contributed by atoms with Gasteiger partial charge in [0, 0.05) is 10.9 Å². The summed E-state index contributed by atoms with van der Waals surface area (Å²) in [7, 11) is 0. The van der Waals surface area contributed by atoms with Crippen LogP contribution in [0.15, 0.2) is 79.1 Å². The van der Waals surface area contributed by atoms with Crippen LogP contribution in [0, 0.1) is 0 Å². The molecule has 0 unspecified atom stereocenters. The zero-order valence-corrected chi connectivity index (χ0v) is 13.5. The molecule has 1 aromatic heterocycles. The first kappa shape index (κ1) is 16.3. The molecule has 0 radical (unpaired) electrons. The predicted octanol–water partition coefficient (Wildman–Crippen LogP) is 5.98. The first-order valence-corrected chi connectivity index (χ1v) is 8.01. The van der Waals surface area contributed by atoms with Crippen molar-refractivity contribution in [1.82, 2.24) is 9.97 Å². The molecular formula is C21H13F3N2. The Morgan fingerprint density at radius 3 is 2.08 bits per heavy atom. The standard InChI is InChI=1S/C21H13F3N2/c22-21(23,24)18-7-3-1-5-16(18)14-9-11-15(12-10-14)20-17-6-2-4-8-19(17)25-13-26-20/h1-13H. The quantitative estimate of drug-likeness (QED) is 0.444. The molecule has 4 aromatic rings. The van der Waals surface area contributed by atoms with Gasteiger partial charge in [0.25, 0.3) is 0 Å². The third-order valence-electron chi connectivity index (χ3n) is 4.24. The van der Waals surface area contributed by atoms with Crippen LogP contribution in [0.1, 0.15) is 5.56 Å². The first-order valence-electron chi connectivity index (χ1n) is 8.01. The van der Waals surface area contributed by atoms with Crippen molar-refractivity contribution in [3.05, 3.63) is 84.7 Å². The minimum absolute atomic E-state index is 0.166. The monoisotopic (exact) mass is 350 g/mol. The largest absolute Gasteiger partial charge is 0.417 e. The van der Waals surface area contributed by atoms with E-state index in [9.17, 15) is 13.2 Å². The molecule has 0 aliphatic rings. The predicted molar refractivity (Wildman–Crippen MR) is 95.4 cm³/mol. The smallest absolute Gasteiger partial charge is 0.236 e. The highest BCUT2D eigenvalue weighted by Crippen LogP contribution is 2.37. The van der Waals surface area contributed by atoms with Crippen molar-refractivity contribution in [3.8, 4) is 22.4 Å². The summed E-state index contributed by atoms with van der Waals surface area (Å²) in [5, 5.41) is 0.901. The van der Waals surface area contributed by atoms with Gasteiger partial charge in [-0.1, -0.05) is 60.7 Å².